The third kappa shape index (κ3) is 3.36. The lowest BCUT2D eigenvalue weighted by Crippen LogP contribution is -2.46. The zero-order chi connectivity index (χ0) is 12.2. The van der Waals surface area contributed by atoms with E-state index in [1.54, 1.807) is 0 Å². The minimum Gasteiger partial charge on any atom is -0.404 e. The van der Waals surface area contributed by atoms with Gasteiger partial charge in [-0.3, -0.25) is 0 Å². The van der Waals surface area contributed by atoms with Gasteiger partial charge in [0.15, 0.2) is 8.32 Å². The Balaban J connectivity index is 2.65. The van der Waals surface area contributed by atoms with Crippen LogP contribution in [0.5, 0.6) is 0 Å². The molecule has 0 unspecified atom stereocenters. The van der Waals surface area contributed by atoms with Gasteiger partial charge in [-0.05, 0) is 38.9 Å². The topological polar surface area (TPSA) is 9.23 Å². The van der Waals surface area contributed by atoms with Crippen molar-refractivity contribution in [1.29, 1.82) is 0 Å². The molecule has 0 aliphatic heterocycles. The molecular weight excluding hydrogens is 212 g/mol. The molecule has 0 bridgehead atoms. The first-order valence-electron chi connectivity index (χ1n) is 6.57. The highest BCUT2D eigenvalue weighted by Crippen LogP contribution is 2.49. The third-order valence-corrected chi connectivity index (χ3v) is 4.50. The number of hydrogen-bond donors (Lipinski definition) is 0. The second kappa shape index (κ2) is 5.38. The van der Waals surface area contributed by atoms with Crippen molar-refractivity contribution >= 4 is 8.32 Å². The summed E-state index contributed by atoms with van der Waals surface area (Å²) in [5, 5.41) is 0. The Bertz CT molecular complexity index is 255. The molecule has 1 rings (SSSR count). The van der Waals surface area contributed by atoms with Crippen LogP contribution in [0.4, 0.5) is 0 Å². The van der Waals surface area contributed by atoms with Crippen molar-refractivity contribution < 1.29 is 4.43 Å². The molecule has 0 N–H and O–H groups in total. The van der Waals surface area contributed by atoms with Gasteiger partial charge in [-0.25, -0.2) is 0 Å². The van der Waals surface area contributed by atoms with E-state index in [4.69, 9.17) is 10.8 Å². The van der Waals surface area contributed by atoms with Crippen LogP contribution in [-0.2, 0) is 4.43 Å². The minimum absolute atomic E-state index is 0.0690. The first-order chi connectivity index (χ1) is 7.43. The molecule has 1 nitrogen and oxygen atoms in total. The van der Waals surface area contributed by atoms with Crippen molar-refractivity contribution in [2.45, 2.75) is 71.2 Å². The summed E-state index contributed by atoms with van der Waals surface area (Å²) in [6.45, 7) is 8.92. The summed E-state index contributed by atoms with van der Waals surface area (Å²) < 4.78 is 6.19. The summed E-state index contributed by atoms with van der Waals surface area (Å²) >= 11 is 0. The van der Waals surface area contributed by atoms with Gasteiger partial charge in [0.05, 0.1) is 0 Å². The highest BCUT2D eigenvalue weighted by Gasteiger charge is 2.44. The van der Waals surface area contributed by atoms with Crippen LogP contribution in [0, 0.1) is 17.8 Å². The molecule has 0 spiro atoms. The summed E-state index contributed by atoms with van der Waals surface area (Å²) in [5.41, 5.74) is 0.324. The van der Waals surface area contributed by atoms with Crippen LogP contribution in [0.15, 0.2) is 0 Å². The average Bonchev–Trinajstić information content (AvgIpc) is 2.12. The molecular formula is C14H26OSi. The van der Waals surface area contributed by atoms with Crippen LogP contribution in [-0.4, -0.2) is 14.4 Å². The molecule has 0 heterocycles. The number of rotatable bonds is 6. The molecule has 0 amide bonds. The highest BCUT2D eigenvalue weighted by molar-refractivity contribution is 6.69. The molecule has 92 valence electrons. The molecule has 0 radical (unpaired) electrons. The first kappa shape index (κ1) is 13.8. The second-order valence-corrected chi connectivity index (χ2v) is 10.6. The second-order valence-electron chi connectivity index (χ2n) is 6.10. The van der Waals surface area contributed by atoms with Gasteiger partial charge in [0.25, 0.3) is 0 Å². The van der Waals surface area contributed by atoms with E-state index in [2.05, 4.69) is 32.5 Å². The molecule has 0 aromatic heterocycles. The Labute approximate surface area is 102 Å². The van der Waals surface area contributed by atoms with Crippen LogP contribution in [0.25, 0.3) is 0 Å². The minimum atomic E-state index is -1.52. The zero-order valence-electron chi connectivity index (χ0n) is 11.3. The van der Waals surface area contributed by atoms with Crippen LogP contribution in [0.3, 0.4) is 0 Å². The van der Waals surface area contributed by atoms with Gasteiger partial charge in [-0.2, -0.15) is 0 Å². The third-order valence-electron chi connectivity index (χ3n) is 3.56. The molecule has 0 saturated heterocycles. The largest absolute Gasteiger partial charge is 0.404 e. The summed E-state index contributed by atoms with van der Waals surface area (Å²) in [6.07, 6.45) is 13.4. The standard InChI is InChI=1S/C14H26OSi/c1-6-8-10-14(11-9-12-14)13(7-2)15-16(3,4)5/h2,13H,6,8-12H2,1,3-5H3/t13-/m1/s1. The normalized spacial score (nSPS) is 20.9. The monoisotopic (exact) mass is 238 g/mol. The number of hydrogen-bond acceptors (Lipinski definition) is 1. The molecule has 1 aliphatic rings. The summed E-state index contributed by atoms with van der Waals surface area (Å²) in [5.74, 6) is 2.92. The van der Waals surface area contributed by atoms with Crippen molar-refractivity contribution in [3.8, 4) is 12.3 Å². The molecule has 0 aromatic rings. The Kier molecular flexibility index (Phi) is 4.64. The fraction of sp³-hybridized carbons (Fsp3) is 0.857. The van der Waals surface area contributed by atoms with Gasteiger partial charge < -0.3 is 4.43 Å². The van der Waals surface area contributed by atoms with E-state index in [9.17, 15) is 0 Å². The van der Waals surface area contributed by atoms with Crippen molar-refractivity contribution in [1.82, 2.24) is 0 Å². The Morgan fingerprint density at radius 2 is 2.00 bits per heavy atom. The molecule has 2 heteroatoms. The van der Waals surface area contributed by atoms with Gasteiger partial charge in [0.2, 0.25) is 0 Å². The number of terminal acetylenes is 1. The van der Waals surface area contributed by atoms with Crippen LogP contribution >= 0.6 is 0 Å². The fourth-order valence-corrected chi connectivity index (χ4v) is 3.52. The van der Waals surface area contributed by atoms with Crippen LogP contribution < -0.4 is 0 Å². The Morgan fingerprint density at radius 3 is 2.31 bits per heavy atom. The lowest BCUT2D eigenvalue weighted by Gasteiger charge is -2.47. The van der Waals surface area contributed by atoms with E-state index in [1.165, 1.54) is 38.5 Å². The van der Waals surface area contributed by atoms with Crippen molar-refractivity contribution in [2.24, 2.45) is 5.41 Å². The first-order valence-corrected chi connectivity index (χ1v) is 9.98. The van der Waals surface area contributed by atoms with E-state index in [1.807, 2.05) is 0 Å². The lowest BCUT2D eigenvalue weighted by molar-refractivity contribution is 0.00209. The molecule has 1 fully saturated rings. The SMILES string of the molecule is C#C[C@@H](O[Si](C)(C)C)C1(CCCC)CCC1. The van der Waals surface area contributed by atoms with Gasteiger partial charge in [-0.15, -0.1) is 6.42 Å². The van der Waals surface area contributed by atoms with Crippen molar-refractivity contribution in [3.05, 3.63) is 0 Å². The van der Waals surface area contributed by atoms with E-state index < -0.39 is 8.32 Å². The smallest absolute Gasteiger partial charge is 0.185 e. The van der Waals surface area contributed by atoms with E-state index in [0.29, 0.717) is 5.41 Å². The molecule has 1 aliphatic carbocycles. The summed E-state index contributed by atoms with van der Waals surface area (Å²) in [6, 6.07) is 0. The van der Waals surface area contributed by atoms with E-state index in [0.717, 1.165) is 0 Å². The maximum Gasteiger partial charge on any atom is 0.185 e. The zero-order valence-corrected chi connectivity index (χ0v) is 12.3. The maximum atomic E-state index is 6.19. The van der Waals surface area contributed by atoms with Crippen molar-refractivity contribution in [3.63, 3.8) is 0 Å². The molecule has 1 atom stereocenters. The van der Waals surface area contributed by atoms with Gasteiger partial charge in [0, 0.05) is 5.41 Å². The summed E-state index contributed by atoms with van der Waals surface area (Å²) in [4.78, 5) is 0. The van der Waals surface area contributed by atoms with Crippen molar-refractivity contribution in [2.75, 3.05) is 0 Å². The van der Waals surface area contributed by atoms with Crippen LogP contribution in [0.2, 0.25) is 19.6 Å². The predicted octanol–water partition coefficient (Wildman–Crippen LogP) is 4.20. The van der Waals surface area contributed by atoms with Gasteiger partial charge in [0.1, 0.15) is 6.10 Å². The average molecular weight is 238 g/mol. The van der Waals surface area contributed by atoms with Gasteiger partial charge >= 0.3 is 0 Å². The summed E-state index contributed by atoms with van der Waals surface area (Å²) in [7, 11) is -1.52. The van der Waals surface area contributed by atoms with E-state index in [-0.39, 0.29) is 6.10 Å². The highest BCUT2D eigenvalue weighted by atomic mass is 28.4. The van der Waals surface area contributed by atoms with E-state index >= 15 is 0 Å². The predicted molar refractivity (Wildman–Crippen MR) is 72.9 cm³/mol. The molecule has 16 heavy (non-hydrogen) atoms. The number of unbranched alkanes of at least 4 members (excludes halogenated alkanes) is 1. The fourth-order valence-electron chi connectivity index (χ4n) is 2.49. The van der Waals surface area contributed by atoms with Gasteiger partial charge in [-0.1, -0.05) is 32.1 Å². The molecule has 0 aromatic carbocycles. The maximum absolute atomic E-state index is 6.19. The van der Waals surface area contributed by atoms with Crippen LogP contribution in [0.1, 0.15) is 45.4 Å². The Hall–Kier alpha value is -0.263. The Morgan fingerprint density at radius 1 is 1.38 bits per heavy atom. The quantitative estimate of drug-likeness (QED) is 0.498. The molecule has 1 saturated carbocycles. The lowest BCUT2D eigenvalue weighted by atomic mass is 9.62.